The van der Waals surface area contributed by atoms with Crippen LogP contribution in [0.5, 0.6) is 0 Å². The van der Waals surface area contributed by atoms with Gasteiger partial charge in [-0.25, -0.2) is 18.7 Å². The highest BCUT2D eigenvalue weighted by Gasteiger charge is 2.41. The first kappa shape index (κ1) is 28.8. The van der Waals surface area contributed by atoms with Gasteiger partial charge in [0.15, 0.2) is 17.5 Å². The summed E-state index contributed by atoms with van der Waals surface area (Å²) in [5.41, 5.74) is 1.73. The van der Waals surface area contributed by atoms with E-state index in [2.05, 4.69) is 30.9 Å². The van der Waals surface area contributed by atoms with Gasteiger partial charge < -0.3 is 14.9 Å². The molecule has 218 valence electrons. The summed E-state index contributed by atoms with van der Waals surface area (Å²) in [6.07, 6.45) is -2.58. The number of benzene rings is 2. The molecule has 0 aliphatic heterocycles. The molecule has 5 aromatic rings. The van der Waals surface area contributed by atoms with Gasteiger partial charge in [0.25, 0.3) is 0 Å². The standard InChI is InChI=1S/C28H24F5N7O2/c29-19-9-5-4-8-18(19)15-40-24(21-10-11-42-39-21)12-22(38-40)27-34-13-20(30)26(37-27)35-14-25(28(31,32)33)36-23(16-41)17-6-2-1-3-7-17/h1-13,23,25,36,41H,14-16H2,(H,34,35,37). The Balaban J connectivity index is 1.40. The average Bonchev–Trinajstić information content (AvgIpc) is 3.65. The van der Waals surface area contributed by atoms with Crippen LogP contribution in [0.15, 0.2) is 83.7 Å². The largest absolute Gasteiger partial charge is 0.405 e. The minimum atomic E-state index is -4.74. The van der Waals surface area contributed by atoms with Crippen LogP contribution in [-0.2, 0) is 6.54 Å². The summed E-state index contributed by atoms with van der Waals surface area (Å²) in [5.74, 6) is -2.01. The van der Waals surface area contributed by atoms with Crippen LogP contribution in [0.25, 0.3) is 22.9 Å². The van der Waals surface area contributed by atoms with Crippen molar-refractivity contribution >= 4 is 5.82 Å². The molecule has 9 nitrogen and oxygen atoms in total. The third-order valence-electron chi connectivity index (χ3n) is 6.39. The summed E-state index contributed by atoms with van der Waals surface area (Å²) in [5, 5.41) is 22.8. The number of nitrogens with one attached hydrogen (secondary N) is 2. The Kier molecular flexibility index (Phi) is 8.54. The lowest BCUT2D eigenvalue weighted by atomic mass is 10.1. The molecule has 0 fully saturated rings. The maximum absolute atomic E-state index is 14.6. The van der Waals surface area contributed by atoms with E-state index in [1.807, 2.05) is 0 Å². The third kappa shape index (κ3) is 6.61. The highest BCUT2D eigenvalue weighted by Crippen LogP contribution is 2.27. The van der Waals surface area contributed by atoms with Crippen molar-refractivity contribution in [2.24, 2.45) is 0 Å². The van der Waals surface area contributed by atoms with Crippen LogP contribution in [0.2, 0.25) is 0 Å². The zero-order valence-electron chi connectivity index (χ0n) is 21.8. The van der Waals surface area contributed by atoms with E-state index >= 15 is 0 Å². The highest BCUT2D eigenvalue weighted by atomic mass is 19.4. The zero-order valence-corrected chi connectivity index (χ0v) is 21.8. The average molecular weight is 586 g/mol. The summed E-state index contributed by atoms with van der Waals surface area (Å²) < 4.78 is 77.1. The Morgan fingerprint density at radius 3 is 2.40 bits per heavy atom. The number of alkyl halides is 3. The van der Waals surface area contributed by atoms with E-state index in [9.17, 15) is 27.1 Å². The van der Waals surface area contributed by atoms with E-state index in [0.29, 0.717) is 22.5 Å². The number of aliphatic hydroxyl groups is 1. The van der Waals surface area contributed by atoms with Crippen LogP contribution in [0.4, 0.5) is 27.8 Å². The van der Waals surface area contributed by atoms with Gasteiger partial charge in [0.1, 0.15) is 29.5 Å². The number of nitrogens with zero attached hydrogens (tertiary/aromatic N) is 5. The van der Waals surface area contributed by atoms with Gasteiger partial charge in [-0.05, 0) is 17.7 Å². The van der Waals surface area contributed by atoms with Crippen molar-refractivity contribution in [3.8, 4) is 22.9 Å². The Morgan fingerprint density at radius 1 is 0.952 bits per heavy atom. The molecule has 0 aliphatic carbocycles. The van der Waals surface area contributed by atoms with Gasteiger partial charge in [-0.3, -0.25) is 10.00 Å². The number of aliphatic hydroxyl groups excluding tert-OH is 1. The van der Waals surface area contributed by atoms with Crippen molar-refractivity contribution in [1.82, 2.24) is 30.2 Å². The van der Waals surface area contributed by atoms with Crippen LogP contribution >= 0.6 is 0 Å². The molecule has 5 rings (SSSR count). The van der Waals surface area contributed by atoms with Crippen LogP contribution in [0.3, 0.4) is 0 Å². The van der Waals surface area contributed by atoms with Gasteiger partial charge in [0, 0.05) is 18.2 Å². The Labute approximate surface area is 236 Å². The second-order valence-corrected chi connectivity index (χ2v) is 9.23. The SMILES string of the molecule is OCC(NC(CNc1nc(-c2cc(-c3ccon3)n(Cc3ccccc3F)n2)ncc1F)C(F)(F)F)c1ccccc1. The molecular formula is C28H24F5N7O2. The predicted octanol–water partition coefficient (Wildman–Crippen LogP) is 4.99. The summed E-state index contributed by atoms with van der Waals surface area (Å²) in [4.78, 5) is 8.03. The maximum atomic E-state index is 14.6. The topological polar surface area (TPSA) is 114 Å². The van der Waals surface area contributed by atoms with E-state index in [0.717, 1.165) is 6.20 Å². The minimum absolute atomic E-state index is 0.00748. The lowest BCUT2D eigenvalue weighted by molar-refractivity contribution is -0.155. The Hall–Kier alpha value is -4.69. The maximum Gasteiger partial charge on any atom is 0.405 e. The first-order chi connectivity index (χ1) is 20.2. The van der Waals surface area contributed by atoms with E-state index in [-0.39, 0.29) is 18.1 Å². The van der Waals surface area contributed by atoms with Crippen molar-refractivity contribution < 1.29 is 31.6 Å². The molecule has 0 saturated carbocycles. The monoisotopic (exact) mass is 585 g/mol. The molecule has 0 spiro atoms. The Bertz CT molecular complexity index is 1610. The first-order valence-electron chi connectivity index (χ1n) is 12.7. The number of rotatable bonds is 11. The summed E-state index contributed by atoms with van der Waals surface area (Å²) in [6, 6.07) is 14.2. The molecule has 2 unspecified atom stereocenters. The van der Waals surface area contributed by atoms with Crippen molar-refractivity contribution in [2.75, 3.05) is 18.5 Å². The van der Waals surface area contributed by atoms with Crippen molar-refractivity contribution in [2.45, 2.75) is 24.8 Å². The molecule has 0 bridgehead atoms. The summed E-state index contributed by atoms with van der Waals surface area (Å²) in [6.45, 7) is -1.38. The first-order valence-corrected chi connectivity index (χ1v) is 12.7. The number of halogens is 5. The quantitative estimate of drug-likeness (QED) is 0.186. The number of hydrogen-bond donors (Lipinski definition) is 3. The van der Waals surface area contributed by atoms with Crippen molar-refractivity contribution in [1.29, 1.82) is 0 Å². The second-order valence-electron chi connectivity index (χ2n) is 9.23. The van der Waals surface area contributed by atoms with Crippen molar-refractivity contribution in [3.05, 3.63) is 102 Å². The van der Waals surface area contributed by atoms with E-state index in [1.54, 1.807) is 54.6 Å². The van der Waals surface area contributed by atoms with Gasteiger partial charge in [-0.2, -0.15) is 18.3 Å². The van der Waals surface area contributed by atoms with Crippen LogP contribution < -0.4 is 10.6 Å². The molecule has 2 atom stereocenters. The normalized spacial score (nSPS) is 13.2. The summed E-state index contributed by atoms with van der Waals surface area (Å²) >= 11 is 0. The third-order valence-corrected chi connectivity index (χ3v) is 6.39. The fourth-order valence-electron chi connectivity index (χ4n) is 4.25. The predicted molar refractivity (Wildman–Crippen MR) is 142 cm³/mol. The molecule has 42 heavy (non-hydrogen) atoms. The number of hydrogen-bond acceptors (Lipinski definition) is 8. The molecule has 0 radical (unpaired) electrons. The van der Waals surface area contributed by atoms with Gasteiger partial charge in [0.2, 0.25) is 0 Å². The molecule has 0 saturated heterocycles. The van der Waals surface area contributed by atoms with Gasteiger partial charge in [-0.1, -0.05) is 53.7 Å². The highest BCUT2D eigenvalue weighted by molar-refractivity contribution is 5.63. The van der Waals surface area contributed by atoms with Crippen LogP contribution in [-0.4, -0.2) is 55.4 Å². The lowest BCUT2D eigenvalue weighted by Gasteiger charge is -2.27. The van der Waals surface area contributed by atoms with Crippen LogP contribution in [0, 0.1) is 11.6 Å². The molecule has 14 heteroatoms. The summed E-state index contributed by atoms with van der Waals surface area (Å²) in [7, 11) is 0. The fraction of sp³-hybridized carbons (Fsp3) is 0.214. The number of anilines is 1. The Morgan fingerprint density at radius 2 is 1.71 bits per heavy atom. The number of aromatic nitrogens is 5. The molecule has 0 amide bonds. The zero-order chi connectivity index (χ0) is 29.7. The smallest absolute Gasteiger partial charge is 0.394 e. The molecule has 3 aromatic heterocycles. The van der Waals surface area contributed by atoms with Crippen molar-refractivity contribution in [3.63, 3.8) is 0 Å². The molecule has 3 N–H and O–H groups in total. The lowest BCUT2D eigenvalue weighted by Crippen LogP contribution is -2.49. The van der Waals surface area contributed by atoms with Gasteiger partial charge in [0.05, 0.1) is 31.1 Å². The molecule has 3 heterocycles. The van der Waals surface area contributed by atoms with Gasteiger partial charge >= 0.3 is 6.18 Å². The fourth-order valence-corrected chi connectivity index (χ4v) is 4.25. The van der Waals surface area contributed by atoms with E-state index in [4.69, 9.17) is 4.52 Å². The van der Waals surface area contributed by atoms with Crippen LogP contribution in [0.1, 0.15) is 17.2 Å². The molecule has 2 aromatic carbocycles. The second kappa shape index (κ2) is 12.4. The minimum Gasteiger partial charge on any atom is -0.394 e. The van der Waals surface area contributed by atoms with E-state index < -0.39 is 48.9 Å². The van der Waals surface area contributed by atoms with Gasteiger partial charge in [-0.15, -0.1) is 0 Å². The van der Waals surface area contributed by atoms with E-state index in [1.165, 1.54) is 23.1 Å². The molecular weight excluding hydrogens is 561 g/mol. The molecule has 0 aliphatic rings.